The highest BCUT2D eigenvalue weighted by Gasteiger charge is 2.53. The van der Waals surface area contributed by atoms with E-state index in [9.17, 15) is 18.7 Å². The summed E-state index contributed by atoms with van der Waals surface area (Å²) in [6, 6.07) is 0. The zero-order valence-electron chi connectivity index (χ0n) is 12.8. The number of methoxy groups -OCH3 is 1. The summed E-state index contributed by atoms with van der Waals surface area (Å²) in [6.45, 7) is 2.74. The molecule has 0 saturated heterocycles. The highest BCUT2D eigenvalue weighted by molar-refractivity contribution is 5.65. The molecule has 1 amide bonds. The van der Waals surface area contributed by atoms with Crippen LogP contribution in [0.15, 0.2) is 0 Å². The van der Waals surface area contributed by atoms with Gasteiger partial charge in [-0.3, -0.25) is 0 Å². The van der Waals surface area contributed by atoms with Gasteiger partial charge in [0.2, 0.25) is 0 Å². The molecular formula is C14H25F2NO4. The molecule has 1 rings (SSSR count). The van der Waals surface area contributed by atoms with Gasteiger partial charge in [0.25, 0.3) is 5.92 Å². The van der Waals surface area contributed by atoms with Gasteiger partial charge in [-0.1, -0.05) is 0 Å². The summed E-state index contributed by atoms with van der Waals surface area (Å²) >= 11 is 0. The van der Waals surface area contributed by atoms with Crippen LogP contribution in [0.5, 0.6) is 0 Å². The van der Waals surface area contributed by atoms with Gasteiger partial charge in [-0.15, -0.1) is 0 Å². The van der Waals surface area contributed by atoms with Crippen molar-refractivity contribution in [1.29, 1.82) is 0 Å². The zero-order chi connectivity index (χ0) is 16.3. The van der Waals surface area contributed by atoms with Crippen LogP contribution in [0, 0.1) is 5.92 Å². The maximum absolute atomic E-state index is 13.9. The minimum absolute atomic E-state index is 0.00280. The molecule has 0 radical (unpaired) electrons. The van der Waals surface area contributed by atoms with Crippen LogP contribution in [0.1, 0.15) is 46.0 Å². The van der Waals surface area contributed by atoms with Crippen LogP contribution in [0.4, 0.5) is 13.6 Å². The van der Waals surface area contributed by atoms with E-state index in [2.05, 4.69) is 10.1 Å². The molecule has 0 heterocycles. The first kappa shape index (κ1) is 18.1. The summed E-state index contributed by atoms with van der Waals surface area (Å²) in [5.41, 5.74) is -2.63. The molecular weight excluding hydrogens is 284 g/mol. The number of carbonyl (C=O) groups is 1. The predicted molar refractivity (Wildman–Crippen MR) is 73.6 cm³/mol. The van der Waals surface area contributed by atoms with Gasteiger partial charge in [-0.05, 0) is 51.9 Å². The molecule has 0 spiro atoms. The smallest absolute Gasteiger partial charge is 0.405 e. The monoisotopic (exact) mass is 309 g/mol. The molecule has 0 atom stereocenters. The second kappa shape index (κ2) is 6.44. The van der Waals surface area contributed by atoms with Crippen molar-refractivity contribution < 1.29 is 28.5 Å². The lowest BCUT2D eigenvalue weighted by molar-refractivity contribution is -0.220. The molecule has 1 aliphatic rings. The van der Waals surface area contributed by atoms with E-state index in [1.807, 2.05) is 0 Å². The molecule has 1 aliphatic carbocycles. The maximum Gasteiger partial charge on any atom is 0.405 e. The number of aliphatic hydroxyl groups is 1. The molecule has 0 aromatic heterocycles. The van der Waals surface area contributed by atoms with E-state index in [1.54, 1.807) is 13.8 Å². The highest BCUT2D eigenvalue weighted by Crippen LogP contribution is 2.44. The summed E-state index contributed by atoms with van der Waals surface area (Å²) in [4.78, 5) is 10.7. The Morgan fingerprint density at radius 3 is 2.33 bits per heavy atom. The van der Waals surface area contributed by atoms with E-state index in [4.69, 9.17) is 5.11 Å². The van der Waals surface area contributed by atoms with Gasteiger partial charge in [0.1, 0.15) is 12.2 Å². The fourth-order valence-electron chi connectivity index (χ4n) is 3.10. The highest BCUT2D eigenvalue weighted by atomic mass is 19.3. The van der Waals surface area contributed by atoms with Crippen LogP contribution >= 0.6 is 0 Å². The normalized spacial score (nSPS) is 27.4. The summed E-state index contributed by atoms with van der Waals surface area (Å²) in [5, 5.41) is 21.3. The quantitative estimate of drug-likeness (QED) is 0.705. The van der Waals surface area contributed by atoms with Crippen LogP contribution in [0.3, 0.4) is 0 Å². The van der Waals surface area contributed by atoms with Crippen LogP contribution in [-0.4, -0.2) is 47.1 Å². The van der Waals surface area contributed by atoms with Gasteiger partial charge in [-0.25, -0.2) is 13.6 Å². The molecule has 124 valence electrons. The van der Waals surface area contributed by atoms with Crippen molar-refractivity contribution in [3.05, 3.63) is 0 Å². The topological polar surface area (TPSA) is 78.8 Å². The van der Waals surface area contributed by atoms with E-state index in [0.29, 0.717) is 19.3 Å². The lowest BCUT2D eigenvalue weighted by Gasteiger charge is -2.42. The van der Waals surface area contributed by atoms with E-state index < -0.39 is 29.8 Å². The Morgan fingerprint density at radius 2 is 1.90 bits per heavy atom. The second-order valence-electron chi connectivity index (χ2n) is 6.63. The van der Waals surface area contributed by atoms with E-state index in [-0.39, 0.29) is 18.8 Å². The molecule has 0 aromatic rings. The number of hydrogen-bond acceptors (Lipinski definition) is 3. The molecule has 0 aromatic carbocycles. The third kappa shape index (κ3) is 4.78. The number of ether oxygens (including phenoxy) is 1. The number of amides is 1. The first-order chi connectivity index (χ1) is 9.51. The van der Waals surface area contributed by atoms with Gasteiger partial charge in [0.15, 0.2) is 0 Å². The molecule has 0 aliphatic heterocycles. The lowest BCUT2D eigenvalue weighted by Crippen LogP contribution is -2.53. The van der Waals surface area contributed by atoms with Crippen molar-refractivity contribution in [2.45, 2.75) is 63.0 Å². The number of halogens is 2. The van der Waals surface area contributed by atoms with Crippen molar-refractivity contribution in [2.24, 2.45) is 5.92 Å². The van der Waals surface area contributed by atoms with Gasteiger partial charge in [0, 0.05) is 12.6 Å². The van der Waals surface area contributed by atoms with Crippen molar-refractivity contribution in [3.63, 3.8) is 0 Å². The van der Waals surface area contributed by atoms with Gasteiger partial charge >= 0.3 is 6.09 Å². The SMILES string of the molecule is COCC(F)(F)C1(O)CCC(CC(C)(C)NC(=O)O)CC1. The summed E-state index contributed by atoms with van der Waals surface area (Å²) < 4.78 is 32.2. The molecule has 3 N–H and O–H groups in total. The van der Waals surface area contributed by atoms with Gasteiger partial charge in [0.05, 0.1) is 0 Å². The minimum Gasteiger partial charge on any atom is -0.465 e. The molecule has 7 heteroatoms. The number of rotatable bonds is 6. The Balaban J connectivity index is 2.57. The molecule has 1 fully saturated rings. The first-order valence-corrected chi connectivity index (χ1v) is 7.12. The number of alkyl halides is 2. The van der Waals surface area contributed by atoms with E-state index in [1.165, 1.54) is 7.11 Å². The predicted octanol–water partition coefficient (Wildman–Crippen LogP) is 2.63. The van der Waals surface area contributed by atoms with Crippen molar-refractivity contribution in [1.82, 2.24) is 5.32 Å². The summed E-state index contributed by atoms with van der Waals surface area (Å²) in [7, 11) is 1.18. The number of carboxylic acid groups (broad SMARTS) is 1. The zero-order valence-corrected chi connectivity index (χ0v) is 12.8. The van der Waals surface area contributed by atoms with Crippen LogP contribution < -0.4 is 5.32 Å². The molecule has 0 bridgehead atoms. The Morgan fingerprint density at radius 1 is 1.38 bits per heavy atom. The number of nitrogens with one attached hydrogen (secondary N) is 1. The first-order valence-electron chi connectivity index (χ1n) is 7.12. The van der Waals surface area contributed by atoms with Crippen molar-refractivity contribution in [3.8, 4) is 0 Å². The molecule has 0 unspecified atom stereocenters. The number of hydrogen-bond donors (Lipinski definition) is 3. The fraction of sp³-hybridized carbons (Fsp3) is 0.929. The Bertz CT molecular complexity index is 366. The average Bonchev–Trinajstić information content (AvgIpc) is 2.30. The minimum atomic E-state index is -3.26. The summed E-state index contributed by atoms with van der Waals surface area (Å²) in [6.07, 6.45) is 0.347. The Hall–Kier alpha value is -0.950. The maximum atomic E-state index is 13.9. The standard InChI is InChI=1S/C14H25F2NO4/c1-12(2,17-11(18)19)8-10-4-6-13(20,7-5-10)14(15,16)9-21-3/h10,17,20H,4-9H2,1-3H3,(H,18,19). The van der Waals surface area contributed by atoms with Crippen molar-refractivity contribution in [2.75, 3.05) is 13.7 Å². The molecule has 21 heavy (non-hydrogen) atoms. The largest absolute Gasteiger partial charge is 0.465 e. The summed E-state index contributed by atoms with van der Waals surface area (Å²) in [5.74, 6) is -3.15. The second-order valence-corrected chi connectivity index (χ2v) is 6.63. The molecule has 5 nitrogen and oxygen atoms in total. The third-order valence-corrected chi connectivity index (χ3v) is 4.18. The third-order valence-electron chi connectivity index (χ3n) is 4.18. The van der Waals surface area contributed by atoms with Crippen LogP contribution in [-0.2, 0) is 4.74 Å². The van der Waals surface area contributed by atoms with Crippen LogP contribution in [0.2, 0.25) is 0 Å². The average molecular weight is 309 g/mol. The van der Waals surface area contributed by atoms with E-state index in [0.717, 1.165) is 0 Å². The van der Waals surface area contributed by atoms with Gasteiger partial charge < -0.3 is 20.3 Å². The Kier molecular flexibility index (Phi) is 5.55. The van der Waals surface area contributed by atoms with Crippen molar-refractivity contribution >= 4 is 6.09 Å². The fourth-order valence-corrected chi connectivity index (χ4v) is 3.10. The van der Waals surface area contributed by atoms with Crippen LogP contribution in [0.25, 0.3) is 0 Å². The van der Waals surface area contributed by atoms with Gasteiger partial charge in [-0.2, -0.15) is 0 Å². The van der Waals surface area contributed by atoms with E-state index >= 15 is 0 Å². The Labute approximate surface area is 123 Å². The molecule has 1 saturated carbocycles. The lowest BCUT2D eigenvalue weighted by atomic mass is 9.72.